The van der Waals surface area contributed by atoms with Crippen LogP contribution in [0.15, 0.2) is 65.7 Å². The summed E-state index contributed by atoms with van der Waals surface area (Å²) in [6, 6.07) is 15.0. The quantitative estimate of drug-likeness (QED) is 0.448. The molecule has 0 saturated carbocycles. The largest absolute Gasteiger partial charge is 0.352 e. The highest BCUT2D eigenvalue weighted by Gasteiger charge is 2.33. The maximum Gasteiger partial charge on any atom is 0.260 e. The standard InChI is InChI=1S/C25H28N6O5S2/c1-28(37(2,33)34)23-7-4-3-6-21(23)25(32)31-13-11-19-18-20(9-10-22(19)31)38(35,36)30-16-14-29(15-17-30)24-8-5-12-26-27-24/h3-10,12,18H,11,13-17H2,1-2H3. The van der Waals surface area contributed by atoms with Crippen LogP contribution in [0.5, 0.6) is 0 Å². The van der Waals surface area contributed by atoms with Crippen LogP contribution in [0.25, 0.3) is 0 Å². The molecule has 0 spiro atoms. The molecule has 11 nitrogen and oxygen atoms in total. The van der Waals surface area contributed by atoms with Crippen molar-refractivity contribution in [2.24, 2.45) is 0 Å². The van der Waals surface area contributed by atoms with Gasteiger partial charge >= 0.3 is 0 Å². The van der Waals surface area contributed by atoms with Crippen LogP contribution in [-0.2, 0) is 26.5 Å². The second-order valence-corrected chi connectivity index (χ2v) is 13.2. The Labute approximate surface area is 222 Å². The van der Waals surface area contributed by atoms with E-state index in [1.807, 2.05) is 11.0 Å². The smallest absolute Gasteiger partial charge is 0.260 e. The third-order valence-electron chi connectivity index (χ3n) is 6.92. The number of hydrogen-bond donors (Lipinski definition) is 0. The van der Waals surface area contributed by atoms with E-state index in [2.05, 4.69) is 10.2 Å². The number of anilines is 3. The number of piperazine rings is 1. The number of rotatable bonds is 6. The van der Waals surface area contributed by atoms with Crippen molar-refractivity contribution in [1.82, 2.24) is 14.5 Å². The Balaban J connectivity index is 1.35. The molecule has 0 N–H and O–H groups in total. The molecule has 200 valence electrons. The third-order valence-corrected chi connectivity index (χ3v) is 10.0. The highest BCUT2D eigenvalue weighted by atomic mass is 32.2. The van der Waals surface area contributed by atoms with E-state index in [4.69, 9.17) is 0 Å². The van der Waals surface area contributed by atoms with Gasteiger partial charge in [0.2, 0.25) is 20.0 Å². The zero-order valence-corrected chi connectivity index (χ0v) is 22.7. The second kappa shape index (κ2) is 9.97. The van der Waals surface area contributed by atoms with Gasteiger partial charge in [0.15, 0.2) is 5.82 Å². The molecule has 2 aliphatic rings. The zero-order valence-electron chi connectivity index (χ0n) is 21.1. The van der Waals surface area contributed by atoms with Crippen molar-refractivity contribution in [3.05, 3.63) is 71.9 Å². The lowest BCUT2D eigenvalue weighted by Crippen LogP contribution is -2.49. The molecule has 3 heterocycles. The van der Waals surface area contributed by atoms with Gasteiger partial charge in [-0.3, -0.25) is 9.10 Å². The van der Waals surface area contributed by atoms with Crippen LogP contribution in [-0.4, -0.2) is 83.3 Å². The van der Waals surface area contributed by atoms with Crippen molar-refractivity contribution in [2.75, 3.05) is 60.1 Å². The molecule has 0 unspecified atom stereocenters. The maximum atomic E-state index is 13.5. The number of benzene rings is 2. The van der Waals surface area contributed by atoms with E-state index in [0.29, 0.717) is 44.8 Å². The van der Waals surface area contributed by atoms with Crippen LogP contribution in [0.3, 0.4) is 0 Å². The SMILES string of the molecule is CN(c1ccccc1C(=O)N1CCc2cc(S(=O)(=O)N3CCN(c4cccnn4)CC3)ccc21)S(C)(=O)=O. The Morgan fingerprint density at radius 3 is 2.34 bits per heavy atom. The lowest BCUT2D eigenvalue weighted by atomic mass is 10.1. The minimum Gasteiger partial charge on any atom is -0.352 e. The van der Waals surface area contributed by atoms with Gasteiger partial charge < -0.3 is 9.80 Å². The lowest BCUT2D eigenvalue weighted by molar-refractivity contribution is 0.0990. The van der Waals surface area contributed by atoms with Gasteiger partial charge in [0.05, 0.1) is 22.4 Å². The van der Waals surface area contributed by atoms with Gasteiger partial charge in [-0.25, -0.2) is 16.8 Å². The summed E-state index contributed by atoms with van der Waals surface area (Å²) in [5.74, 6) is 0.377. The van der Waals surface area contributed by atoms with Gasteiger partial charge in [0.25, 0.3) is 5.91 Å². The molecular formula is C25H28N6O5S2. The molecule has 1 aromatic heterocycles. The van der Waals surface area contributed by atoms with Gasteiger partial charge in [-0.05, 0) is 54.4 Å². The van der Waals surface area contributed by atoms with Crippen molar-refractivity contribution in [2.45, 2.75) is 11.3 Å². The van der Waals surface area contributed by atoms with Crippen molar-refractivity contribution >= 4 is 43.1 Å². The fraction of sp³-hybridized carbons (Fsp3) is 0.320. The van der Waals surface area contributed by atoms with Gasteiger partial charge in [0.1, 0.15) is 0 Å². The molecular weight excluding hydrogens is 528 g/mol. The van der Waals surface area contributed by atoms with Gasteiger partial charge in [-0.15, -0.1) is 5.10 Å². The molecule has 2 aromatic carbocycles. The number of aromatic nitrogens is 2. The average Bonchev–Trinajstić information content (AvgIpc) is 3.36. The predicted octanol–water partition coefficient (Wildman–Crippen LogP) is 1.59. The predicted molar refractivity (Wildman–Crippen MR) is 145 cm³/mol. The van der Waals surface area contributed by atoms with Crippen LogP contribution in [0.4, 0.5) is 17.2 Å². The molecule has 0 atom stereocenters. The van der Waals surface area contributed by atoms with E-state index < -0.39 is 20.0 Å². The summed E-state index contributed by atoms with van der Waals surface area (Å²) in [5, 5.41) is 7.99. The molecule has 2 aliphatic heterocycles. The molecule has 0 bridgehead atoms. The fourth-order valence-corrected chi connectivity index (χ4v) is 6.76. The van der Waals surface area contributed by atoms with Gasteiger partial charge in [0, 0.05) is 51.7 Å². The van der Waals surface area contributed by atoms with Gasteiger partial charge in [-0.1, -0.05) is 12.1 Å². The molecule has 5 rings (SSSR count). The summed E-state index contributed by atoms with van der Waals surface area (Å²) >= 11 is 0. The Kier molecular flexibility index (Phi) is 6.84. The number of amides is 1. The first-order valence-corrected chi connectivity index (χ1v) is 15.4. The summed E-state index contributed by atoms with van der Waals surface area (Å²) < 4.78 is 53.6. The molecule has 0 radical (unpaired) electrons. The number of carbonyl (C=O) groups excluding carboxylic acids is 1. The molecule has 3 aromatic rings. The minimum absolute atomic E-state index is 0.190. The first kappa shape index (κ1) is 26.1. The van der Waals surface area contributed by atoms with E-state index in [1.165, 1.54) is 17.4 Å². The molecule has 1 fully saturated rings. The summed E-state index contributed by atoms with van der Waals surface area (Å²) in [6.07, 6.45) is 3.17. The Morgan fingerprint density at radius 2 is 1.66 bits per heavy atom. The first-order chi connectivity index (χ1) is 18.1. The lowest BCUT2D eigenvalue weighted by Gasteiger charge is -2.34. The Hall–Kier alpha value is -3.55. The summed E-state index contributed by atoms with van der Waals surface area (Å²) in [7, 11) is -5.88. The fourth-order valence-electron chi connectivity index (χ4n) is 4.77. The van der Waals surface area contributed by atoms with Gasteiger partial charge in [-0.2, -0.15) is 9.40 Å². The average molecular weight is 557 g/mol. The zero-order chi connectivity index (χ0) is 27.1. The first-order valence-electron chi connectivity index (χ1n) is 12.1. The highest BCUT2D eigenvalue weighted by Crippen LogP contribution is 2.34. The third kappa shape index (κ3) is 4.84. The molecule has 1 saturated heterocycles. The summed E-state index contributed by atoms with van der Waals surface area (Å²) in [6.45, 7) is 2.03. The van der Waals surface area contributed by atoms with E-state index in [1.54, 1.807) is 53.6 Å². The Bertz CT molecular complexity index is 1570. The number of hydrogen-bond acceptors (Lipinski definition) is 8. The summed E-state index contributed by atoms with van der Waals surface area (Å²) in [5.41, 5.74) is 1.92. The maximum absolute atomic E-state index is 13.5. The number of para-hydroxylation sites is 1. The van der Waals surface area contributed by atoms with Crippen molar-refractivity contribution in [3.63, 3.8) is 0 Å². The topological polar surface area (TPSA) is 124 Å². The highest BCUT2D eigenvalue weighted by molar-refractivity contribution is 7.92. The van der Waals surface area contributed by atoms with Crippen molar-refractivity contribution in [3.8, 4) is 0 Å². The number of carbonyl (C=O) groups is 1. The normalized spacial score (nSPS) is 16.4. The number of fused-ring (bicyclic) bond motifs is 1. The molecule has 13 heteroatoms. The van der Waals surface area contributed by atoms with Crippen LogP contribution in [0.2, 0.25) is 0 Å². The van der Waals surface area contributed by atoms with Crippen molar-refractivity contribution < 1.29 is 21.6 Å². The van der Waals surface area contributed by atoms with Crippen LogP contribution < -0.4 is 14.1 Å². The van der Waals surface area contributed by atoms with E-state index in [0.717, 1.165) is 21.9 Å². The Morgan fingerprint density at radius 1 is 0.921 bits per heavy atom. The van der Waals surface area contributed by atoms with Crippen LogP contribution in [0, 0.1) is 0 Å². The van der Waals surface area contributed by atoms with Crippen LogP contribution >= 0.6 is 0 Å². The number of nitrogens with zero attached hydrogens (tertiary/aromatic N) is 6. The molecule has 1 amide bonds. The molecule has 38 heavy (non-hydrogen) atoms. The van der Waals surface area contributed by atoms with E-state index in [9.17, 15) is 21.6 Å². The van der Waals surface area contributed by atoms with E-state index in [-0.39, 0.29) is 22.1 Å². The number of sulfonamides is 2. The monoisotopic (exact) mass is 556 g/mol. The van der Waals surface area contributed by atoms with Crippen LogP contribution in [0.1, 0.15) is 15.9 Å². The van der Waals surface area contributed by atoms with E-state index >= 15 is 0 Å². The molecule has 0 aliphatic carbocycles. The minimum atomic E-state index is -3.72. The second-order valence-electron chi connectivity index (χ2n) is 9.22. The summed E-state index contributed by atoms with van der Waals surface area (Å²) in [4.78, 5) is 17.3. The van der Waals surface area contributed by atoms with Crippen molar-refractivity contribution in [1.29, 1.82) is 0 Å².